The first kappa shape index (κ1) is 21.5. The lowest BCUT2D eigenvalue weighted by Gasteiger charge is -2.31. The van der Waals surface area contributed by atoms with Crippen LogP contribution in [-0.2, 0) is 11.2 Å². The van der Waals surface area contributed by atoms with Crippen LogP contribution < -0.4 is 11.1 Å². The van der Waals surface area contributed by atoms with Gasteiger partial charge in [-0.2, -0.15) is 4.98 Å². The van der Waals surface area contributed by atoms with Gasteiger partial charge in [-0.05, 0) is 50.5 Å². The van der Waals surface area contributed by atoms with E-state index in [0.717, 1.165) is 12.8 Å². The van der Waals surface area contributed by atoms with Crippen molar-refractivity contribution in [1.82, 2.24) is 20.4 Å². The molecule has 0 aliphatic carbocycles. The minimum absolute atomic E-state index is 0.189. The molecule has 162 valence electrons. The molecule has 1 aromatic carbocycles. The van der Waals surface area contributed by atoms with E-state index in [0.29, 0.717) is 62.3 Å². The predicted molar refractivity (Wildman–Crippen MR) is 109 cm³/mol. The molecule has 0 unspecified atom stereocenters. The van der Waals surface area contributed by atoms with Gasteiger partial charge >= 0.3 is 6.09 Å². The zero-order chi connectivity index (χ0) is 21.3. The number of nitrogens with zero attached hydrogens (tertiary/aromatic N) is 4. The van der Waals surface area contributed by atoms with E-state index >= 15 is 0 Å². The number of aliphatic imine (C=N–C) groups is 1. The van der Waals surface area contributed by atoms with Gasteiger partial charge < -0.3 is 25.2 Å². The summed E-state index contributed by atoms with van der Waals surface area (Å²) in [5.41, 5.74) is 6.67. The summed E-state index contributed by atoms with van der Waals surface area (Å²) in [5, 5.41) is 7.13. The molecule has 0 bridgehead atoms. The van der Waals surface area contributed by atoms with E-state index in [4.69, 9.17) is 15.0 Å². The Balaban J connectivity index is 1.37. The molecular formula is C20H27FN6O3. The lowest BCUT2D eigenvalue weighted by atomic mass is 10.1. The fourth-order valence-corrected chi connectivity index (χ4v) is 3.18. The van der Waals surface area contributed by atoms with Crippen LogP contribution in [0, 0.1) is 5.82 Å². The maximum absolute atomic E-state index is 13.0. The van der Waals surface area contributed by atoms with E-state index < -0.39 is 0 Å². The van der Waals surface area contributed by atoms with Crippen LogP contribution in [-0.4, -0.2) is 59.4 Å². The summed E-state index contributed by atoms with van der Waals surface area (Å²) in [6, 6.07) is 6.12. The molecular weight excluding hydrogens is 391 g/mol. The summed E-state index contributed by atoms with van der Waals surface area (Å²) in [6.45, 7) is 3.98. The first-order chi connectivity index (χ1) is 14.5. The van der Waals surface area contributed by atoms with Crippen molar-refractivity contribution in [2.24, 2.45) is 10.7 Å². The average molecular weight is 418 g/mol. The number of guanidine groups is 1. The van der Waals surface area contributed by atoms with Gasteiger partial charge in [0.15, 0.2) is 5.96 Å². The molecule has 1 saturated heterocycles. The van der Waals surface area contributed by atoms with Gasteiger partial charge in [-0.15, -0.1) is 0 Å². The van der Waals surface area contributed by atoms with Crippen molar-refractivity contribution in [1.29, 1.82) is 0 Å². The summed E-state index contributed by atoms with van der Waals surface area (Å²) < 4.78 is 23.2. The van der Waals surface area contributed by atoms with Crippen molar-refractivity contribution in [3.63, 3.8) is 0 Å². The third kappa shape index (κ3) is 6.16. The number of halogens is 1. The fraction of sp³-hybridized carbons (Fsp3) is 0.500. The van der Waals surface area contributed by atoms with Gasteiger partial charge in [-0.3, -0.25) is 4.99 Å². The molecule has 1 amide bonds. The third-order valence-corrected chi connectivity index (χ3v) is 4.77. The highest BCUT2D eigenvalue weighted by molar-refractivity contribution is 5.78. The normalized spacial score (nSPS) is 15.3. The van der Waals surface area contributed by atoms with Crippen LogP contribution in [0.2, 0.25) is 0 Å². The van der Waals surface area contributed by atoms with E-state index in [-0.39, 0.29) is 18.0 Å². The van der Waals surface area contributed by atoms with Crippen molar-refractivity contribution < 1.29 is 18.4 Å². The average Bonchev–Trinajstić information content (AvgIpc) is 3.21. The molecule has 1 fully saturated rings. The Morgan fingerprint density at radius 2 is 2.10 bits per heavy atom. The predicted octanol–water partition coefficient (Wildman–Crippen LogP) is 2.33. The molecule has 30 heavy (non-hydrogen) atoms. The number of rotatable bonds is 7. The number of carbonyl (C=O) groups is 1. The highest BCUT2D eigenvalue weighted by atomic mass is 19.1. The molecule has 0 saturated carbocycles. The molecule has 10 heteroatoms. The zero-order valence-corrected chi connectivity index (χ0v) is 17.0. The van der Waals surface area contributed by atoms with Gasteiger partial charge in [-0.25, -0.2) is 9.18 Å². The van der Waals surface area contributed by atoms with Crippen LogP contribution in [0.1, 0.15) is 32.1 Å². The summed E-state index contributed by atoms with van der Waals surface area (Å²) in [6.07, 6.45) is 2.60. The number of ether oxygens (including phenoxy) is 1. The molecule has 1 aliphatic heterocycles. The number of benzene rings is 1. The van der Waals surface area contributed by atoms with Crippen molar-refractivity contribution in [3.05, 3.63) is 36.0 Å². The van der Waals surface area contributed by atoms with E-state index in [1.165, 1.54) is 12.1 Å². The standard InChI is InChI=1S/C20H27FN6O3/c1-2-29-20(28)27-12-9-16(10-13-27)24-19(22)23-11-3-4-17-25-18(26-30-17)14-5-7-15(21)8-6-14/h5-8,16H,2-4,9-13H2,1H3,(H3,22,23,24). The van der Waals surface area contributed by atoms with Crippen LogP contribution in [0.25, 0.3) is 11.4 Å². The molecule has 2 aromatic rings. The molecule has 3 rings (SSSR count). The lowest BCUT2D eigenvalue weighted by Crippen LogP contribution is -2.48. The SMILES string of the molecule is CCOC(=O)N1CCC(NC(N)=NCCCc2nc(-c3ccc(F)cc3)no2)CC1. The molecule has 9 nitrogen and oxygen atoms in total. The monoisotopic (exact) mass is 418 g/mol. The molecule has 0 radical (unpaired) electrons. The van der Waals surface area contributed by atoms with Gasteiger partial charge in [0.25, 0.3) is 0 Å². The van der Waals surface area contributed by atoms with E-state index in [1.807, 2.05) is 0 Å². The summed E-state index contributed by atoms with van der Waals surface area (Å²) in [4.78, 5) is 22.1. The molecule has 1 aliphatic rings. The second kappa shape index (κ2) is 10.6. The number of carbonyl (C=O) groups excluding carboxylic acids is 1. The molecule has 1 aromatic heterocycles. The van der Waals surface area contributed by atoms with Gasteiger partial charge in [-0.1, -0.05) is 5.16 Å². The van der Waals surface area contributed by atoms with Crippen LogP contribution in [0.5, 0.6) is 0 Å². The molecule has 0 atom stereocenters. The number of aromatic nitrogens is 2. The minimum Gasteiger partial charge on any atom is -0.450 e. The third-order valence-electron chi connectivity index (χ3n) is 4.77. The first-order valence-corrected chi connectivity index (χ1v) is 10.1. The van der Waals surface area contributed by atoms with E-state index in [2.05, 4.69) is 20.4 Å². The van der Waals surface area contributed by atoms with Crippen molar-refractivity contribution in [2.45, 2.75) is 38.6 Å². The minimum atomic E-state index is -0.309. The maximum atomic E-state index is 13.0. The summed E-state index contributed by atoms with van der Waals surface area (Å²) >= 11 is 0. The summed E-state index contributed by atoms with van der Waals surface area (Å²) in [5.74, 6) is 1.02. The Morgan fingerprint density at radius 3 is 2.80 bits per heavy atom. The van der Waals surface area contributed by atoms with Gasteiger partial charge in [0, 0.05) is 37.7 Å². The highest BCUT2D eigenvalue weighted by Crippen LogP contribution is 2.16. The Hall–Kier alpha value is -3.17. The quantitative estimate of drug-likeness (QED) is 0.402. The largest absolute Gasteiger partial charge is 0.450 e. The second-order valence-corrected chi connectivity index (χ2v) is 6.99. The Morgan fingerprint density at radius 1 is 1.37 bits per heavy atom. The van der Waals surface area contributed by atoms with Gasteiger partial charge in [0.2, 0.25) is 11.7 Å². The fourth-order valence-electron chi connectivity index (χ4n) is 3.18. The van der Waals surface area contributed by atoms with Crippen LogP contribution in [0.4, 0.5) is 9.18 Å². The number of amides is 1. The number of hydrogen-bond donors (Lipinski definition) is 2. The first-order valence-electron chi connectivity index (χ1n) is 10.1. The van der Waals surface area contributed by atoms with Crippen molar-refractivity contribution in [3.8, 4) is 11.4 Å². The van der Waals surface area contributed by atoms with E-state index in [9.17, 15) is 9.18 Å². The van der Waals surface area contributed by atoms with Gasteiger partial charge in [0.05, 0.1) is 6.61 Å². The molecule has 2 heterocycles. The second-order valence-electron chi connectivity index (χ2n) is 6.99. The zero-order valence-electron chi connectivity index (χ0n) is 17.0. The lowest BCUT2D eigenvalue weighted by molar-refractivity contribution is 0.0963. The number of nitrogens with one attached hydrogen (secondary N) is 1. The number of nitrogens with two attached hydrogens (primary N) is 1. The Labute approximate surface area is 174 Å². The number of hydrogen-bond acceptors (Lipinski definition) is 6. The Bertz CT molecular complexity index is 846. The summed E-state index contributed by atoms with van der Waals surface area (Å²) in [7, 11) is 0. The molecule has 0 spiro atoms. The highest BCUT2D eigenvalue weighted by Gasteiger charge is 2.23. The van der Waals surface area contributed by atoms with Crippen molar-refractivity contribution >= 4 is 12.1 Å². The van der Waals surface area contributed by atoms with Crippen LogP contribution in [0.3, 0.4) is 0 Å². The van der Waals surface area contributed by atoms with Gasteiger partial charge in [0.1, 0.15) is 5.82 Å². The number of likely N-dealkylation sites (tertiary alicyclic amines) is 1. The Kier molecular flexibility index (Phi) is 7.58. The van der Waals surface area contributed by atoms with Crippen molar-refractivity contribution in [2.75, 3.05) is 26.2 Å². The number of piperidine rings is 1. The smallest absolute Gasteiger partial charge is 0.409 e. The maximum Gasteiger partial charge on any atom is 0.409 e. The van der Waals surface area contributed by atoms with Crippen LogP contribution >= 0.6 is 0 Å². The molecule has 3 N–H and O–H groups in total. The topological polar surface area (TPSA) is 119 Å². The number of aryl methyl sites for hydroxylation is 1. The van der Waals surface area contributed by atoms with Crippen LogP contribution in [0.15, 0.2) is 33.8 Å². The van der Waals surface area contributed by atoms with E-state index in [1.54, 1.807) is 24.0 Å².